The molecule has 0 saturated heterocycles. The maximum absolute atomic E-state index is 10.7. The first-order valence-electron chi connectivity index (χ1n) is 6.65. The first-order chi connectivity index (χ1) is 10.6. The molecule has 0 amide bonds. The van der Waals surface area contributed by atoms with E-state index in [0.717, 1.165) is 28.1 Å². The van der Waals surface area contributed by atoms with Gasteiger partial charge in [-0.05, 0) is 43.3 Å². The lowest BCUT2D eigenvalue weighted by molar-refractivity contribution is -0.384. The molecule has 0 atom stereocenters. The van der Waals surface area contributed by atoms with E-state index in [1.807, 2.05) is 6.92 Å². The molecule has 0 unspecified atom stereocenters. The highest BCUT2D eigenvalue weighted by molar-refractivity contribution is 5.74. The molecule has 0 aliphatic rings. The molecule has 0 radical (unpaired) electrons. The minimum absolute atomic E-state index is 0.0553. The van der Waals surface area contributed by atoms with Crippen LogP contribution in [0.2, 0.25) is 0 Å². The van der Waals surface area contributed by atoms with E-state index in [9.17, 15) is 15.2 Å². The average molecular weight is 295 g/mol. The number of nitro benzene ring substituents is 1. The van der Waals surface area contributed by atoms with Crippen LogP contribution in [0.1, 0.15) is 5.56 Å². The molecule has 6 heteroatoms. The Morgan fingerprint density at radius 1 is 1.05 bits per heavy atom. The Morgan fingerprint density at radius 3 is 2.23 bits per heavy atom. The number of benzene rings is 2. The summed E-state index contributed by atoms with van der Waals surface area (Å²) in [4.78, 5) is 10.3. The van der Waals surface area contributed by atoms with E-state index in [-0.39, 0.29) is 11.4 Å². The number of phenolic OH excluding ortho intramolecular Hbond substituents is 1. The van der Waals surface area contributed by atoms with Gasteiger partial charge in [0.15, 0.2) is 0 Å². The molecule has 22 heavy (non-hydrogen) atoms. The molecule has 2 N–H and O–H groups in total. The summed E-state index contributed by atoms with van der Waals surface area (Å²) < 4.78 is 0. The first-order valence-corrected chi connectivity index (χ1v) is 6.65. The standard InChI is InChI=1S/C16H13N3O3/c1-10-15(11-2-6-13(7-3-11)19(21)22)17-18-16(10)12-4-8-14(20)9-5-12/h2-9,20H,1H3,(H,17,18). The van der Waals surface area contributed by atoms with Crippen molar-refractivity contribution in [1.82, 2.24) is 10.2 Å². The van der Waals surface area contributed by atoms with Gasteiger partial charge in [-0.1, -0.05) is 0 Å². The zero-order valence-electron chi connectivity index (χ0n) is 11.8. The van der Waals surface area contributed by atoms with Crippen molar-refractivity contribution in [1.29, 1.82) is 0 Å². The number of aromatic amines is 1. The molecule has 0 aliphatic carbocycles. The molecule has 0 aliphatic heterocycles. The van der Waals surface area contributed by atoms with Crippen LogP contribution < -0.4 is 0 Å². The Balaban J connectivity index is 1.99. The molecule has 0 fully saturated rings. The third-order valence-electron chi connectivity index (χ3n) is 3.52. The van der Waals surface area contributed by atoms with E-state index < -0.39 is 4.92 Å². The van der Waals surface area contributed by atoms with Crippen molar-refractivity contribution >= 4 is 5.69 Å². The summed E-state index contributed by atoms with van der Waals surface area (Å²) in [5, 5.41) is 27.3. The van der Waals surface area contributed by atoms with Gasteiger partial charge in [0.2, 0.25) is 0 Å². The summed E-state index contributed by atoms with van der Waals surface area (Å²) in [6, 6.07) is 13.1. The monoisotopic (exact) mass is 295 g/mol. The molecule has 3 rings (SSSR count). The van der Waals surface area contributed by atoms with Crippen molar-refractivity contribution in [3.8, 4) is 28.3 Å². The number of nitro groups is 1. The summed E-state index contributed by atoms with van der Waals surface area (Å²) in [7, 11) is 0. The van der Waals surface area contributed by atoms with E-state index in [2.05, 4.69) is 10.2 Å². The number of aromatic nitrogens is 2. The fourth-order valence-corrected chi connectivity index (χ4v) is 2.33. The zero-order valence-corrected chi connectivity index (χ0v) is 11.8. The van der Waals surface area contributed by atoms with Gasteiger partial charge >= 0.3 is 0 Å². The summed E-state index contributed by atoms with van der Waals surface area (Å²) >= 11 is 0. The van der Waals surface area contributed by atoms with Crippen molar-refractivity contribution in [2.75, 3.05) is 0 Å². The molecule has 0 saturated carbocycles. The van der Waals surface area contributed by atoms with Crippen LogP contribution in [0.15, 0.2) is 48.5 Å². The summed E-state index contributed by atoms with van der Waals surface area (Å²) in [6.45, 7) is 1.93. The van der Waals surface area contributed by atoms with Gasteiger partial charge in [-0.25, -0.2) is 0 Å². The second kappa shape index (κ2) is 5.33. The van der Waals surface area contributed by atoms with Crippen LogP contribution in [0, 0.1) is 17.0 Å². The van der Waals surface area contributed by atoms with E-state index in [4.69, 9.17) is 0 Å². The lowest BCUT2D eigenvalue weighted by atomic mass is 10.0. The van der Waals surface area contributed by atoms with Crippen molar-refractivity contribution in [3.05, 3.63) is 64.2 Å². The maximum Gasteiger partial charge on any atom is 0.269 e. The van der Waals surface area contributed by atoms with Gasteiger partial charge < -0.3 is 5.11 Å². The quantitative estimate of drug-likeness (QED) is 0.569. The lowest BCUT2D eigenvalue weighted by Gasteiger charge is -2.01. The van der Waals surface area contributed by atoms with Gasteiger partial charge in [-0.3, -0.25) is 15.2 Å². The molecule has 1 heterocycles. The number of aromatic hydroxyl groups is 1. The van der Waals surface area contributed by atoms with Crippen LogP contribution in [-0.2, 0) is 0 Å². The second-order valence-corrected chi connectivity index (χ2v) is 4.92. The number of phenols is 1. The van der Waals surface area contributed by atoms with E-state index >= 15 is 0 Å². The molecular formula is C16H13N3O3. The van der Waals surface area contributed by atoms with Crippen LogP contribution in [0.25, 0.3) is 22.5 Å². The van der Waals surface area contributed by atoms with Crippen molar-refractivity contribution < 1.29 is 10.0 Å². The smallest absolute Gasteiger partial charge is 0.269 e. The molecule has 2 aromatic carbocycles. The zero-order chi connectivity index (χ0) is 15.7. The number of H-pyrrole nitrogens is 1. The molecule has 0 bridgehead atoms. The van der Waals surface area contributed by atoms with Gasteiger partial charge in [-0.15, -0.1) is 0 Å². The van der Waals surface area contributed by atoms with Crippen molar-refractivity contribution in [2.45, 2.75) is 6.92 Å². The van der Waals surface area contributed by atoms with Crippen LogP contribution in [0.5, 0.6) is 5.75 Å². The summed E-state index contributed by atoms with van der Waals surface area (Å²) in [5.74, 6) is 0.201. The lowest BCUT2D eigenvalue weighted by Crippen LogP contribution is -1.88. The minimum atomic E-state index is -0.425. The second-order valence-electron chi connectivity index (χ2n) is 4.92. The number of nitrogens with one attached hydrogen (secondary N) is 1. The number of hydrogen-bond donors (Lipinski definition) is 2. The summed E-state index contributed by atoms with van der Waals surface area (Å²) in [5.41, 5.74) is 4.32. The van der Waals surface area contributed by atoms with E-state index in [1.54, 1.807) is 36.4 Å². The predicted molar refractivity (Wildman–Crippen MR) is 82.5 cm³/mol. The Labute approximate surface area is 126 Å². The maximum atomic E-state index is 10.7. The van der Waals surface area contributed by atoms with Gasteiger partial charge in [0.05, 0.1) is 16.3 Å². The Bertz CT molecular complexity index is 821. The number of nitrogens with zero attached hydrogens (tertiary/aromatic N) is 2. The molecule has 6 nitrogen and oxygen atoms in total. The highest BCUT2D eigenvalue weighted by Crippen LogP contribution is 2.30. The van der Waals surface area contributed by atoms with E-state index in [1.165, 1.54) is 12.1 Å². The molecule has 3 aromatic rings. The van der Waals surface area contributed by atoms with Crippen molar-refractivity contribution in [3.63, 3.8) is 0 Å². The largest absolute Gasteiger partial charge is 0.508 e. The van der Waals surface area contributed by atoms with E-state index in [0.29, 0.717) is 0 Å². The fourth-order valence-electron chi connectivity index (χ4n) is 2.33. The summed E-state index contributed by atoms with van der Waals surface area (Å²) in [6.07, 6.45) is 0. The number of rotatable bonds is 3. The predicted octanol–water partition coefficient (Wildman–Crippen LogP) is 3.67. The van der Waals surface area contributed by atoms with Gasteiger partial charge in [0.25, 0.3) is 5.69 Å². The van der Waals surface area contributed by atoms with Crippen LogP contribution in [0.4, 0.5) is 5.69 Å². The Kier molecular flexibility index (Phi) is 3.34. The van der Waals surface area contributed by atoms with Gasteiger partial charge in [-0.2, -0.15) is 5.10 Å². The van der Waals surface area contributed by atoms with Gasteiger partial charge in [0.1, 0.15) is 5.75 Å². The minimum Gasteiger partial charge on any atom is -0.508 e. The average Bonchev–Trinajstić information content (AvgIpc) is 2.90. The molecule has 110 valence electrons. The van der Waals surface area contributed by atoms with Crippen LogP contribution in [-0.4, -0.2) is 20.2 Å². The third-order valence-corrected chi connectivity index (χ3v) is 3.52. The first kappa shape index (κ1) is 13.8. The normalized spacial score (nSPS) is 10.6. The van der Waals surface area contributed by atoms with Crippen LogP contribution >= 0.6 is 0 Å². The Morgan fingerprint density at radius 2 is 1.64 bits per heavy atom. The fraction of sp³-hybridized carbons (Fsp3) is 0.0625. The Hall–Kier alpha value is -3.15. The topological polar surface area (TPSA) is 92.1 Å². The molecule has 1 aromatic heterocycles. The highest BCUT2D eigenvalue weighted by atomic mass is 16.6. The number of hydrogen-bond acceptors (Lipinski definition) is 4. The van der Waals surface area contributed by atoms with Crippen LogP contribution in [0.3, 0.4) is 0 Å². The SMILES string of the molecule is Cc1c(-c2ccc(O)cc2)n[nH]c1-c1ccc([N+](=O)[O-])cc1. The third kappa shape index (κ3) is 2.42. The highest BCUT2D eigenvalue weighted by Gasteiger charge is 2.13. The molecule has 0 spiro atoms. The van der Waals surface area contributed by atoms with Gasteiger partial charge in [0, 0.05) is 28.8 Å². The molecular weight excluding hydrogens is 282 g/mol. The number of non-ortho nitro benzene ring substituents is 1. The van der Waals surface area contributed by atoms with Crippen molar-refractivity contribution in [2.24, 2.45) is 0 Å².